The van der Waals surface area contributed by atoms with Crippen molar-refractivity contribution in [3.63, 3.8) is 0 Å². The first-order valence-electron chi connectivity index (χ1n) is 10.2. The summed E-state index contributed by atoms with van der Waals surface area (Å²) < 4.78 is 34.8. The first kappa shape index (κ1) is 21.0. The fourth-order valence-electron chi connectivity index (χ4n) is 4.09. The van der Waals surface area contributed by atoms with Gasteiger partial charge in [-0.3, -0.25) is 0 Å². The Morgan fingerprint density at radius 3 is 2.67 bits per heavy atom. The molecule has 0 atom stereocenters. The lowest BCUT2D eigenvalue weighted by molar-refractivity contribution is -0.113. The molecule has 0 bridgehead atoms. The Hall–Kier alpha value is -2.28. The van der Waals surface area contributed by atoms with Gasteiger partial charge in [0.05, 0.1) is 5.60 Å². The molecule has 3 aromatic rings. The van der Waals surface area contributed by atoms with Crippen molar-refractivity contribution in [2.45, 2.75) is 32.0 Å². The van der Waals surface area contributed by atoms with Gasteiger partial charge < -0.3 is 18.8 Å². The Kier molecular flexibility index (Phi) is 6.18. The first-order chi connectivity index (χ1) is 14.5. The molecule has 158 valence electrons. The number of hydrogen-bond acceptors (Lipinski definition) is 4. The van der Waals surface area contributed by atoms with Crippen LogP contribution in [0.2, 0.25) is 0 Å². The molecule has 4 nitrogen and oxygen atoms in total. The number of benzene rings is 2. The van der Waals surface area contributed by atoms with Gasteiger partial charge in [0.1, 0.15) is 22.8 Å². The van der Waals surface area contributed by atoms with Crippen LogP contribution in [-0.2, 0) is 28.7 Å². The molecule has 2 aromatic carbocycles. The van der Waals surface area contributed by atoms with Crippen molar-refractivity contribution in [1.82, 2.24) is 4.57 Å². The topological polar surface area (TPSA) is 32.6 Å². The number of aryl methyl sites for hydroxylation is 1. The van der Waals surface area contributed by atoms with Crippen molar-refractivity contribution in [2.24, 2.45) is 7.05 Å². The van der Waals surface area contributed by atoms with Gasteiger partial charge in [0.25, 0.3) is 0 Å². The minimum absolute atomic E-state index is 0.323. The predicted octanol–water partition coefficient (Wildman–Crippen LogP) is 5.67. The number of pyridine rings is 1. The van der Waals surface area contributed by atoms with E-state index in [0.29, 0.717) is 45.0 Å². The molecule has 1 aromatic heterocycles. The van der Waals surface area contributed by atoms with Crippen LogP contribution in [0.3, 0.4) is 0 Å². The lowest BCUT2D eigenvalue weighted by Gasteiger charge is -2.37. The van der Waals surface area contributed by atoms with Crippen LogP contribution in [0.5, 0.6) is 5.75 Å². The zero-order valence-electron chi connectivity index (χ0n) is 17.3. The van der Waals surface area contributed by atoms with Crippen LogP contribution in [0.25, 0.3) is 10.9 Å². The maximum absolute atomic E-state index is 14.4. The molecule has 1 fully saturated rings. The summed E-state index contributed by atoms with van der Waals surface area (Å²) in [4.78, 5) is 0. The van der Waals surface area contributed by atoms with Crippen LogP contribution in [0.1, 0.15) is 30.9 Å². The number of halogens is 1. The second-order valence-electron chi connectivity index (χ2n) is 7.63. The summed E-state index contributed by atoms with van der Waals surface area (Å²) in [6.45, 7) is 4.08. The van der Waals surface area contributed by atoms with Gasteiger partial charge in [0.2, 0.25) is 0 Å². The van der Waals surface area contributed by atoms with E-state index in [1.54, 1.807) is 6.07 Å². The quantitative estimate of drug-likeness (QED) is 0.475. The monoisotopic (exact) mass is 427 g/mol. The lowest BCUT2D eigenvalue weighted by atomic mass is 9.86. The van der Waals surface area contributed by atoms with Crippen LogP contribution < -0.4 is 4.74 Å². The third kappa shape index (κ3) is 4.26. The van der Waals surface area contributed by atoms with Crippen LogP contribution in [0.4, 0.5) is 4.39 Å². The number of fused-ring (bicyclic) bond motifs is 1. The van der Waals surface area contributed by atoms with Crippen molar-refractivity contribution in [3.8, 4) is 5.75 Å². The fourth-order valence-corrected chi connectivity index (χ4v) is 4.26. The third-order valence-corrected chi connectivity index (χ3v) is 6.12. The average molecular weight is 428 g/mol. The highest BCUT2D eigenvalue weighted by molar-refractivity contribution is 7.71. The molecule has 0 aliphatic carbocycles. The maximum Gasteiger partial charge on any atom is 0.127 e. The standard InChI is InChI=1S/C24H26FNO3S/c1-3-29-24(8-10-27-11-9-24)19-13-20(25)15-21(14-19)28-16-17-4-6-22-18(12-17)5-7-23(30)26(22)2/h4-7,12-15H,3,8-11,16H2,1-2H3. The van der Waals surface area contributed by atoms with E-state index < -0.39 is 5.60 Å². The molecule has 0 amide bonds. The Labute approximate surface area is 181 Å². The largest absolute Gasteiger partial charge is 0.489 e. The molecule has 1 saturated heterocycles. The third-order valence-electron chi connectivity index (χ3n) is 5.71. The van der Waals surface area contributed by atoms with E-state index in [0.717, 1.165) is 26.7 Å². The lowest BCUT2D eigenvalue weighted by Crippen LogP contribution is -2.36. The SMILES string of the molecule is CCOC1(c2cc(F)cc(OCc3ccc4c(ccc(=S)n4C)c3)c2)CCOCC1. The zero-order valence-corrected chi connectivity index (χ0v) is 18.1. The van der Waals surface area contributed by atoms with Gasteiger partial charge in [-0.05, 0) is 59.8 Å². The molecular weight excluding hydrogens is 401 g/mol. The molecule has 1 aliphatic heterocycles. The molecule has 6 heteroatoms. The second-order valence-corrected chi connectivity index (χ2v) is 8.05. The predicted molar refractivity (Wildman–Crippen MR) is 118 cm³/mol. The summed E-state index contributed by atoms with van der Waals surface area (Å²) >= 11 is 5.32. The van der Waals surface area contributed by atoms with E-state index in [-0.39, 0.29) is 5.82 Å². The minimum Gasteiger partial charge on any atom is -0.489 e. The van der Waals surface area contributed by atoms with E-state index in [1.807, 2.05) is 48.9 Å². The van der Waals surface area contributed by atoms with Crippen molar-refractivity contribution in [3.05, 3.63) is 70.1 Å². The van der Waals surface area contributed by atoms with E-state index in [2.05, 4.69) is 6.07 Å². The Bertz CT molecular complexity index is 1100. The van der Waals surface area contributed by atoms with Crippen LogP contribution >= 0.6 is 12.2 Å². The maximum atomic E-state index is 14.4. The van der Waals surface area contributed by atoms with Gasteiger partial charge in [-0.2, -0.15) is 0 Å². The molecule has 1 aliphatic rings. The molecule has 0 N–H and O–H groups in total. The van der Waals surface area contributed by atoms with Gasteiger partial charge in [-0.25, -0.2) is 4.39 Å². The van der Waals surface area contributed by atoms with Crippen LogP contribution in [-0.4, -0.2) is 24.4 Å². The second kappa shape index (κ2) is 8.84. The van der Waals surface area contributed by atoms with Crippen molar-refractivity contribution >= 4 is 23.1 Å². The van der Waals surface area contributed by atoms with Gasteiger partial charge in [0, 0.05) is 51.3 Å². The van der Waals surface area contributed by atoms with Gasteiger partial charge in [-0.15, -0.1) is 0 Å². The summed E-state index contributed by atoms with van der Waals surface area (Å²) in [5.74, 6) is 0.179. The normalized spacial score (nSPS) is 16.0. The first-order valence-corrected chi connectivity index (χ1v) is 10.7. The fraction of sp³-hybridized carbons (Fsp3) is 0.375. The number of hydrogen-bond donors (Lipinski definition) is 0. The summed E-state index contributed by atoms with van der Waals surface area (Å²) in [6.07, 6.45) is 1.41. The number of nitrogens with zero attached hydrogens (tertiary/aromatic N) is 1. The van der Waals surface area contributed by atoms with Gasteiger partial charge in [-0.1, -0.05) is 18.3 Å². The number of rotatable bonds is 6. The van der Waals surface area contributed by atoms with Crippen molar-refractivity contribution in [2.75, 3.05) is 19.8 Å². The molecule has 30 heavy (non-hydrogen) atoms. The summed E-state index contributed by atoms with van der Waals surface area (Å²) in [7, 11) is 1.96. The summed E-state index contributed by atoms with van der Waals surface area (Å²) in [5.41, 5.74) is 2.37. The molecule has 2 heterocycles. The summed E-state index contributed by atoms with van der Waals surface area (Å²) in [5, 5.41) is 1.09. The Morgan fingerprint density at radius 2 is 1.90 bits per heavy atom. The van der Waals surface area contributed by atoms with E-state index in [1.165, 1.54) is 6.07 Å². The average Bonchev–Trinajstić information content (AvgIpc) is 2.75. The number of ether oxygens (including phenoxy) is 3. The van der Waals surface area contributed by atoms with Gasteiger partial charge >= 0.3 is 0 Å². The van der Waals surface area contributed by atoms with Gasteiger partial charge in [0.15, 0.2) is 0 Å². The smallest absolute Gasteiger partial charge is 0.127 e. The Balaban J connectivity index is 1.57. The molecule has 0 unspecified atom stereocenters. The zero-order chi connectivity index (χ0) is 21.1. The van der Waals surface area contributed by atoms with Crippen LogP contribution in [0.15, 0.2) is 48.5 Å². The molecular formula is C24H26FNO3S. The van der Waals surface area contributed by atoms with Crippen molar-refractivity contribution in [1.29, 1.82) is 0 Å². The van der Waals surface area contributed by atoms with Crippen LogP contribution in [0, 0.1) is 10.5 Å². The molecule has 0 spiro atoms. The van der Waals surface area contributed by atoms with E-state index in [4.69, 9.17) is 26.4 Å². The number of aromatic nitrogens is 1. The summed E-state index contributed by atoms with van der Waals surface area (Å²) in [6, 6.07) is 14.9. The molecule has 0 saturated carbocycles. The highest BCUT2D eigenvalue weighted by Crippen LogP contribution is 2.38. The van der Waals surface area contributed by atoms with Crippen molar-refractivity contribution < 1.29 is 18.6 Å². The minimum atomic E-state index is -0.521. The molecule has 0 radical (unpaired) electrons. The molecule has 4 rings (SSSR count). The van der Waals surface area contributed by atoms with E-state index in [9.17, 15) is 4.39 Å². The van der Waals surface area contributed by atoms with E-state index >= 15 is 0 Å². The highest BCUT2D eigenvalue weighted by atomic mass is 32.1. The Morgan fingerprint density at radius 1 is 1.10 bits per heavy atom. The highest BCUT2D eigenvalue weighted by Gasteiger charge is 2.36.